The second-order valence-electron chi connectivity index (χ2n) is 3.19. The maximum atomic E-state index is 10.8. The highest BCUT2D eigenvalue weighted by molar-refractivity contribution is 7.90. The van der Waals surface area contributed by atoms with E-state index in [1.54, 1.807) is 18.2 Å². The lowest BCUT2D eigenvalue weighted by molar-refractivity contribution is 0.279. The van der Waals surface area contributed by atoms with Gasteiger partial charge in [-0.2, -0.15) is 0 Å². The van der Waals surface area contributed by atoms with E-state index in [4.69, 9.17) is 9.84 Å². The Kier molecular flexibility index (Phi) is 4.11. The van der Waals surface area contributed by atoms with Gasteiger partial charge in [0, 0.05) is 6.26 Å². The van der Waals surface area contributed by atoms with Crippen LogP contribution in [0.2, 0.25) is 0 Å². The van der Waals surface area contributed by atoms with Crippen molar-refractivity contribution in [3.05, 3.63) is 29.8 Å². The van der Waals surface area contributed by atoms with Gasteiger partial charge in [-0.15, -0.1) is 0 Å². The Morgan fingerprint density at radius 3 is 2.87 bits per heavy atom. The van der Waals surface area contributed by atoms with E-state index >= 15 is 0 Å². The molecular weight excluding hydrogens is 216 g/mol. The van der Waals surface area contributed by atoms with Gasteiger partial charge in [-0.05, 0) is 23.8 Å². The molecule has 83 valence electrons. The molecule has 0 heterocycles. The molecule has 0 saturated heterocycles. The summed E-state index contributed by atoms with van der Waals surface area (Å²) in [6.07, 6.45) is 1.16. The number of sulfone groups is 1. The molecule has 4 nitrogen and oxygen atoms in total. The van der Waals surface area contributed by atoms with Crippen molar-refractivity contribution < 1.29 is 18.3 Å². The van der Waals surface area contributed by atoms with Gasteiger partial charge < -0.3 is 9.84 Å². The predicted molar refractivity (Wildman–Crippen MR) is 56.4 cm³/mol. The second-order valence-corrected chi connectivity index (χ2v) is 5.45. The Labute approximate surface area is 89.4 Å². The number of rotatable bonds is 5. The van der Waals surface area contributed by atoms with Crippen LogP contribution in [0, 0.1) is 6.07 Å². The Morgan fingerprint density at radius 2 is 2.27 bits per heavy atom. The van der Waals surface area contributed by atoms with Crippen molar-refractivity contribution in [2.45, 2.75) is 6.61 Å². The minimum atomic E-state index is -2.99. The first-order valence-electron chi connectivity index (χ1n) is 4.43. The quantitative estimate of drug-likeness (QED) is 0.794. The Balaban J connectivity index is 2.51. The topological polar surface area (TPSA) is 63.6 Å². The largest absolute Gasteiger partial charge is 0.493 e. The number of benzene rings is 1. The fraction of sp³-hybridized carbons (Fsp3) is 0.400. The van der Waals surface area contributed by atoms with Crippen molar-refractivity contribution in [1.82, 2.24) is 0 Å². The number of hydrogen-bond donors (Lipinski definition) is 1. The lowest BCUT2D eigenvalue weighted by Gasteiger charge is -2.05. The van der Waals surface area contributed by atoms with Crippen LogP contribution in [0.3, 0.4) is 0 Å². The molecule has 0 aliphatic carbocycles. The highest BCUT2D eigenvalue weighted by Crippen LogP contribution is 2.12. The van der Waals surface area contributed by atoms with Crippen LogP contribution >= 0.6 is 0 Å². The summed E-state index contributed by atoms with van der Waals surface area (Å²) in [7, 11) is -2.99. The molecule has 0 bridgehead atoms. The van der Waals surface area contributed by atoms with E-state index in [-0.39, 0.29) is 19.0 Å². The molecule has 0 aliphatic heterocycles. The maximum Gasteiger partial charge on any atom is 0.150 e. The van der Waals surface area contributed by atoms with Crippen molar-refractivity contribution in [2.24, 2.45) is 0 Å². The lowest BCUT2D eigenvalue weighted by Crippen LogP contribution is -2.12. The fourth-order valence-corrected chi connectivity index (χ4v) is 1.37. The van der Waals surface area contributed by atoms with E-state index < -0.39 is 9.84 Å². The van der Waals surface area contributed by atoms with Gasteiger partial charge in [0.25, 0.3) is 0 Å². The summed E-state index contributed by atoms with van der Waals surface area (Å²) >= 11 is 0. The zero-order chi connectivity index (χ0) is 11.3. The van der Waals surface area contributed by atoms with E-state index in [0.29, 0.717) is 11.3 Å². The molecule has 0 unspecified atom stereocenters. The number of aliphatic hydroxyl groups excluding tert-OH is 1. The summed E-state index contributed by atoms with van der Waals surface area (Å²) in [5.41, 5.74) is 0.617. The molecule has 1 N–H and O–H groups in total. The monoisotopic (exact) mass is 229 g/mol. The number of hydrogen-bond acceptors (Lipinski definition) is 4. The molecule has 15 heavy (non-hydrogen) atoms. The predicted octanol–water partition coefficient (Wildman–Crippen LogP) is 0.402. The Morgan fingerprint density at radius 1 is 1.53 bits per heavy atom. The number of aliphatic hydroxyl groups is 1. The van der Waals surface area contributed by atoms with Crippen LogP contribution in [0.15, 0.2) is 18.2 Å². The van der Waals surface area contributed by atoms with E-state index in [0.717, 1.165) is 6.26 Å². The molecule has 1 radical (unpaired) electrons. The Bertz CT molecular complexity index is 411. The molecule has 0 fully saturated rings. The molecule has 1 aromatic rings. The van der Waals surface area contributed by atoms with Gasteiger partial charge in [0.05, 0.1) is 12.4 Å². The van der Waals surface area contributed by atoms with Crippen molar-refractivity contribution in [1.29, 1.82) is 0 Å². The highest BCUT2D eigenvalue weighted by atomic mass is 32.2. The van der Waals surface area contributed by atoms with Crippen molar-refractivity contribution in [2.75, 3.05) is 18.6 Å². The SMILES string of the molecule is CS(=O)(=O)CCOc1cc[c]c(CO)c1. The van der Waals surface area contributed by atoms with Crippen molar-refractivity contribution in [3.8, 4) is 5.75 Å². The smallest absolute Gasteiger partial charge is 0.150 e. The first-order valence-corrected chi connectivity index (χ1v) is 6.49. The van der Waals surface area contributed by atoms with Crippen molar-refractivity contribution in [3.63, 3.8) is 0 Å². The molecule has 0 saturated carbocycles. The maximum absolute atomic E-state index is 10.8. The van der Waals surface area contributed by atoms with Crippen LogP contribution in [0.4, 0.5) is 0 Å². The van der Waals surface area contributed by atoms with Crippen LogP contribution in [0.1, 0.15) is 5.56 Å². The first kappa shape index (κ1) is 12.0. The van der Waals surface area contributed by atoms with Gasteiger partial charge in [-0.25, -0.2) is 8.42 Å². The third kappa shape index (κ3) is 4.80. The van der Waals surface area contributed by atoms with Crippen molar-refractivity contribution >= 4 is 9.84 Å². The van der Waals surface area contributed by atoms with Crippen LogP contribution < -0.4 is 4.74 Å². The van der Waals surface area contributed by atoms with Crippen LogP contribution in [-0.2, 0) is 16.4 Å². The van der Waals surface area contributed by atoms with Gasteiger partial charge in [0.2, 0.25) is 0 Å². The minimum Gasteiger partial charge on any atom is -0.493 e. The lowest BCUT2D eigenvalue weighted by atomic mass is 10.2. The van der Waals surface area contributed by atoms with E-state index in [2.05, 4.69) is 6.07 Å². The fourth-order valence-electron chi connectivity index (χ4n) is 0.984. The van der Waals surface area contributed by atoms with E-state index in [1.807, 2.05) is 0 Å². The highest BCUT2D eigenvalue weighted by Gasteiger charge is 2.02. The van der Waals surface area contributed by atoms with Crippen LogP contribution in [-0.4, -0.2) is 32.1 Å². The number of ether oxygens (including phenoxy) is 1. The van der Waals surface area contributed by atoms with E-state index in [9.17, 15) is 8.42 Å². The zero-order valence-electron chi connectivity index (χ0n) is 8.43. The molecule has 0 aromatic heterocycles. The first-order chi connectivity index (χ1) is 7.01. The molecule has 1 rings (SSSR count). The zero-order valence-corrected chi connectivity index (χ0v) is 9.25. The molecule has 0 atom stereocenters. The minimum absolute atomic E-state index is 0.0138. The average Bonchev–Trinajstić information content (AvgIpc) is 2.16. The summed E-state index contributed by atoms with van der Waals surface area (Å²) in [4.78, 5) is 0. The van der Waals surface area contributed by atoms with Gasteiger partial charge in [-0.1, -0.05) is 6.07 Å². The molecule has 0 spiro atoms. The van der Waals surface area contributed by atoms with Gasteiger partial charge in [0.15, 0.2) is 9.84 Å². The summed E-state index contributed by atoms with van der Waals surface area (Å²) < 4.78 is 26.9. The standard InChI is InChI=1S/C10H13O4S/c1-15(12,13)6-5-14-10-4-2-3-9(7-10)8-11/h2,4,7,11H,5-6,8H2,1H3. The Hall–Kier alpha value is -1.07. The average molecular weight is 229 g/mol. The molecular formula is C10H13O4S. The van der Waals surface area contributed by atoms with Gasteiger partial charge >= 0.3 is 0 Å². The van der Waals surface area contributed by atoms with Crippen LogP contribution in [0.5, 0.6) is 5.75 Å². The van der Waals surface area contributed by atoms with Gasteiger partial charge in [-0.3, -0.25) is 0 Å². The van der Waals surface area contributed by atoms with Crippen LogP contribution in [0.25, 0.3) is 0 Å². The third-order valence-electron chi connectivity index (χ3n) is 1.73. The summed E-state index contributed by atoms with van der Waals surface area (Å²) in [5.74, 6) is 0.529. The summed E-state index contributed by atoms with van der Waals surface area (Å²) in [6.45, 7) is 0.0109. The van der Waals surface area contributed by atoms with Gasteiger partial charge in [0.1, 0.15) is 12.4 Å². The normalized spacial score (nSPS) is 11.3. The third-order valence-corrected chi connectivity index (χ3v) is 2.63. The molecule has 1 aromatic carbocycles. The molecule has 0 aliphatic rings. The molecule has 5 heteroatoms. The summed E-state index contributed by atoms with van der Waals surface area (Å²) in [5, 5.41) is 8.83. The molecule has 0 amide bonds. The van der Waals surface area contributed by atoms with E-state index in [1.165, 1.54) is 0 Å². The summed E-state index contributed by atoms with van der Waals surface area (Å²) in [6, 6.07) is 7.74. The second kappa shape index (κ2) is 5.14.